The lowest BCUT2D eigenvalue weighted by molar-refractivity contribution is 0.789. The fraction of sp³-hybridized carbons (Fsp3) is 0.571. The van der Waals surface area contributed by atoms with Gasteiger partial charge in [0, 0.05) is 4.47 Å². The highest BCUT2D eigenvalue weighted by Gasteiger charge is 2.30. The van der Waals surface area contributed by atoms with Crippen molar-refractivity contribution in [1.29, 1.82) is 0 Å². The average Bonchev–Trinajstić information content (AvgIpc) is 2.29. The molecular formula is C14H21BrN2S. The van der Waals surface area contributed by atoms with Gasteiger partial charge in [-0.15, -0.1) is 4.16 Å². The first-order valence-electron chi connectivity index (χ1n) is 6.26. The molecule has 0 fully saturated rings. The topological polar surface area (TPSA) is 36.4 Å². The first-order valence-corrected chi connectivity index (χ1v) is 8.23. The second-order valence-corrected chi connectivity index (χ2v) is 8.52. The minimum absolute atomic E-state index is 0.0591. The minimum atomic E-state index is -0.484. The van der Waals surface area contributed by atoms with Crippen molar-refractivity contribution in [2.75, 3.05) is 0 Å². The van der Waals surface area contributed by atoms with Crippen LogP contribution in [-0.2, 0) is 23.5 Å². The van der Waals surface area contributed by atoms with E-state index in [-0.39, 0.29) is 4.75 Å². The molecule has 0 aliphatic rings. The summed E-state index contributed by atoms with van der Waals surface area (Å²) in [6, 6.07) is 4.29. The van der Waals surface area contributed by atoms with Crippen molar-refractivity contribution < 1.29 is 0 Å². The second-order valence-electron chi connectivity index (χ2n) is 5.24. The van der Waals surface area contributed by atoms with Gasteiger partial charge in [0.1, 0.15) is 0 Å². The molecule has 0 amide bonds. The summed E-state index contributed by atoms with van der Waals surface area (Å²) >= 11 is 3.56. The summed E-state index contributed by atoms with van der Waals surface area (Å²) in [5, 5.41) is 0. The summed E-state index contributed by atoms with van der Waals surface area (Å²) in [4.78, 5) is 1.22. The lowest BCUT2D eigenvalue weighted by Gasteiger charge is -2.19. The molecule has 2 nitrogen and oxygen atoms in total. The molecule has 0 saturated carbocycles. The standard InChI is InChI=1S/C14H21BrN2S/c1-6-10-8-12(15)9-11(7-2)13(10)18(17-16)14(3,4)5/h8-9H,6-7H2,1-5H3. The maximum absolute atomic E-state index is 9.45. The Morgan fingerprint density at radius 1 is 1.17 bits per heavy atom. The van der Waals surface area contributed by atoms with Crippen molar-refractivity contribution in [3.05, 3.63) is 33.3 Å². The molecule has 18 heavy (non-hydrogen) atoms. The predicted molar refractivity (Wildman–Crippen MR) is 83.8 cm³/mol. The van der Waals surface area contributed by atoms with Crippen LogP contribution in [0.1, 0.15) is 45.7 Å². The zero-order valence-corrected chi connectivity index (χ0v) is 14.2. The predicted octanol–water partition coefficient (Wildman–Crippen LogP) is 4.62. The quantitative estimate of drug-likeness (QED) is 0.573. The molecule has 1 aromatic rings. The van der Waals surface area contributed by atoms with Crippen molar-refractivity contribution in [3.8, 4) is 0 Å². The molecule has 1 atom stereocenters. The van der Waals surface area contributed by atoms with Gasteiger partial charge in [0.25, 0.3) is 0 Å². The van der Waals surface area contributed by atoms with Gasteiger partial charge >= 0.3 is 0 Å². The van der Waals surface area contributed by atoms with E-state index in [4.69, 9.17) is 0 Å². The van der Waals surface area contributed by atoms with E-state index in [1.165, 1.54) is 16.0 Å². The van der Waals surface area contributed by atoms with Gasteiger partial charge in [-0.3, -0.25) is 0 Å². The maximum Gasteiger partial charge on any atom is 0.196 e. The van der Waals surface area contributed by atoms with Gasteiger partial charge in [-0.05, 0) is 56.9 Å². The van der Waals surface area contributed by atoms with E-state index in [0.717, 1.165) is 17.3 Å². The van der Waals surface area contributed by atoms with Crippen LogP contribution < -0.4 is 4.16 Å². The summed E-state index contributed by atoms with van der Waals surface area (Å²) < 4.78 is 4.74. The van der Waals surface area contributed by atoms with Crippen LogP contribution in [0.2, 0.25) is 0 Å². The van der Waals surface area contributed by atoms with Crippen molar-refractivity contribution in [2.45, 2.75) is 57.1 Å². The van der Waals surface area contributed by atoms with Gasteiger partial charge in [0.05, 0.1) is 9.64 Å². The third kappa shape index (κ3) is 3.31. The molecule has 0 spiro atoms. The highest BCUT2D eigenvalue weighted by molar-refractivity contribution is 9.10. The molecule has 1 aromatic carbocycles. The van der Waals surface area contributed by atoms with E-state index < -0.39 is 10.7 Å². The zero-order chi connectivity index (χ0) is 13.9. The van der Waals surface area contributed by atoms with Crippen molar-refractivity contribution in [2.24, 2.45) is 0 Å². The van der Waals surface area contributed by atoms with Crippen molar-refractivity contribution in [1.82, 2.24) is 4.16 Å². The summed E-state index contributed by atoms with van der Waals surface area (Å²) in [5.74, 6) is 0. The number of aryl methyl sites for hydroxylation is 2. The highest BCUT2D eigenvalue weighted by atomic mass is 79.9. The van der Waals surface area contributed by atoms with E-state index in [1.54, 1.807) is 0 Å². The van der Waals surface area contributed by atoms with Crippen LogP contribution in [0.15, 0.2) is 21.5 Å². The van der Waals surface area contributed by atoms with Crippen LogP contribution in [0, 0.1) is 0 Å². The fourth-order valence-electron chi connectivity index (χ4n) is 1.95. The second kappa shape index (κ2) is 6.14. The number of rotatable bonds is 3. The van der Waals surface area contributed by atoms with Gasteiger partial charge in [-0.1, -0.05) is 29.8 Å². The molecule has 0 aromatic heterocycles. The van der Waals surface area contributed by atoms with Crippen LogP contribution >= 0.6 is 15.9 Å². The van der Waals surface area contributed by atoms with E-state index in [0.29, 0.717) is 0 Å². The van der Waals surface area contributed by atoms with E-state index in [2.05, 4.69) is 66.8 Å². The van der Waals surface area contributed by atoms with Gasteiger partial charge in [0.15, 0.2) is 10.7 Å². The van der Waals surface area contributed by atoms with Crippen LogP contribution in [0.4, 0.5) is 0 Å². The van der Waals surface area contributed by atoms with Crippen LogP contribution in [0.5, 0.6) is 0 Å². The number of nitrogens with zero attached hydrogens (tertiary/aromatic N) is 2. The molecule has 0 aliphatic carbocycles. The van der Waals surface area contributed by atoms with Crippen LogP contribution in [0.3, 0.4) is 0 Å². The Balaban J connectivity index is 3.61. The molecule has 0 radical (unpaired) electrons. The molecule has 0 aliphatic heterocycles. The molecule has 1 rings (SSSR count). The minimum Gasteiger partial charge on any atom is -0.351 e. The van der Waals surface area contributed by atoms with Gasteiger partial charge in [-0.25, -0.2) is 0 Å². The first-order chi connectivity index (χ1) is 8.35. The summed E-state index contributed by atoms with van der Waals surface area (Å²) in [6.07, 6.45) is 1.91. The first kappa shape index (κ1) is 15.6. The van der Waals surface area contributed by atoms with Gasteiger partial charge in [-0.2, -0.15) is 0 Å². The molecule has 0 bridgehead atoms. The lowest BCUT2D eigenvalue weighted by Crippen LogP contribution is -2.25. The summed E-state index contributed by atoms with van der Waals surface area (Å²) in [6.45, 7) is 10.7. The Hall–Kier alpha value is -0.440. The highest BCUT2D eigenvalue weighted by Crippen LogP contribution is 2.30. The fourth-order valence-corrected chi connectivity index (χ4v) is 4.35. The monoisotopic (exact) mass is 328 g/mol. The maximum atomic E-state index is 9.45. The average molecular weight is 329 g/mol. The number of hydrogen-bond acceptors (Lipinski definition) is 0. The van der Waals surface area contributed by atoms with Gasteiger partial charge in [0.2, 0.25) is 0 Å². The normalized spacial score (nSPS) is 13.2. The molecule has 1 unspecified atom stereocenters. The molecular weight excluding hydrogens is 308 g/mol. The SMILES string of the molecule is CCc1cc(Br)cc(CC)c1S(=[N+]=[N-])C(C)(C)C. The third-order valence-corrected chi connectivity index (χ3v) is 5.52. The Bertz CT molecular complexity index is 472. The molecule has 4 heteroatoms. The molecule has 0 N–H and O–H groups in total. The zero-order valence-electron chi connectivity index (χ0n) is 11.7. The lowest BCUT2D eigenvalue weighted by atomic mass is 10.1. The van der Waals surface area contributed by atoms with E-state index in [9.17, 15) is 5.53 Å². The van der Waals surface area contributed by atoms with Crippen LogP contribution in [0.25, 0.3) is 5.53 Å². The molecule has 0 saturated heterocycles. The number of benzene rings is 1. The number of halogens is 1. The van der Waals surface area contributed by atoms with E-state index in [1.807, 2.05) is 0 Å². The number of hydrogen-bond donors (Lipinski definition) is 0. The van der Waals surface area contributed by atoms with Gasteiger partial charge < -0.3 is 5.53 Å². The molecule has 0 heterocycles. The van der Waals surface area contributed by atoms with E-state index >= 15 is 0 Å². The largest absolute Gasteiger partial charge is 0.351 e. The Kier molecular flexibility index (Phi) is 5.32. The van der Waals surface area contributed by atoms with Crippen molar-refractivity contribution >= 4 is 26.6 Å². The smallest absolute Gasteiger partial charge is 0.196 e. The molecule has 100 valence electrons. The summed E-state index contributed by atoms with van der Waals surface area (Å²) in [7, 11) is -0.484. The van der Waals surface area contributed by atoms with Crippen LogP contribution in [-0.4, -0.2) is 4.75 Å². The Morgan fingerprint density at radius 3 is 1.89 bits per heavy atom. The van der Waals surface area contributed by atoms with Crippen molar-refractivity contribution in [3.63, 3.8) is 0 Å². The summed E-state index contributed by atoms with van der Waals surface area (Å²) in [5.41, 5.74) is 12.0. The Morgan fingerprint density at radius 2 is 1.61 bits per heavy atom. The third-order valence-electron chi connectivity index (χ3n) is 2.82. The Labute approximate surface area is 121 Å².